The molecule has 0 bridgehead atoms. The van der Waals surface area contributed by atoms with Gasteiger partial charge in [0.05, 0.1) is 10.6 Å². The molecule has 31 heavy (non-hydrogen) atoms. The number of halogens is 1. The number of nitrogens with two attached hydrogens (primary N) is 2. The fourth-order valence-electron chi connectivity index (χ4n) is 3.44. The van der Waals surface area contributed by atoms with Crippen molar-refractivity contribution in [3.05, 3.63) is 63.2 Å². The molecule has 0 atom stereocenters. The number of anilines is 2. The van der Waals surface area contributed by atoms with E-state index >= 15 is 0 Å². The summed E-state index contributed by atoms with van der Waals surface area (Å²) in [5, 5.41) is 0. The predicted molar refractivity (Wildman–Crippen MR) is 126 cm³/mol. The molecule has 5 nitrogen and oxygen atoms in total. The van der Waals surface area contributed by atoms with E-state index in [-0.39, 0.29) is 29.5 Å². The number of benzene rings is 1. The largest absolute Gasteiger partial charge is 0.395 e. The average Bonchev–Trinajstić information content (AvgIpc) is 3.27. The lowest BCUT2D eigenvalue weighted by Crippen LogP contribution is -2.24. The van der Waals surface area contributed by atoms with Gasteiger partial charge in [0.1, 0.15) is 11.6 Å². The van der Waals surface area contributed by atoms with Crippen LogP contribution in [0.15, 0.2) is 36.5 Å². The third kappa shape index (κ3) is 4.42. The molecule has 1 amide bonds. The van der Waals surface area contributed by atoms with E-state index in [9.17, 15) is 9.18 Å². The fraction of sp³-hybridized carbons (Fsp3) is 0.333. The Morgan fingerprint density at radius 3 is 2.48 bits per heavy atom. The quantitative estimate of drug-likeness (QED) is 0.556. The van der Waals surface area contributed by atoms with Crippen molar-refractivity contribution in [2.45, 2.75) is 53.1 Å². The Morgan fingerprint density at radius 2 is 1.87 bits per heavy atom. The first-order valence-electron chi connectivity index (χ1n) is 10.4. The van der Waals surface area contributed by atoms with Crippen molar-refractivity contribution in [1.29, 1.82) is 0 Å². The van der Waals surface area contributed by atoms with E-state index in [0.29, 0.717) is 28.9 Å². The Morgan fingerprint density at radius 1 is 1.16 bits per heavy atom. The number of nitrogens with zero attached hydrogens (tertiary/aromatic N) is 2. The van der Waals surface area contributed by atoms with E-state index in [1.165, 1.54) is 10.9 Å². The number of aromatic nitrogens is 1. The Kier molecular flexibility index (Phi) is 6.36. The topological polar surface area (TPSA) is 85.2 Å². The number of pyridine rings is 1. The first-order chi connectivity index (χ1) is 14.6. The standard InChI is InChI=1S/C22H23FN4OS.C2H6/c1-22(2,3)17-9-14-11-27(21(28)19(14)29-17)10-13-5-4-12(8-16(13)23)15-6-7-26-20(25)18(15)24;1-2/h4-9H,10-11,24H2,1-3H3,(H2,25,26);1-2H3. The van der Waals surface area contributed by atoms with Crippen LogP contribution in [0.25, 0.3) is 11.1 Å². The highest BCUT2D eigenvalue weighted by Gasteiger charge is 2.32. The lowest BCUT2D eigenvalue weighted by atomic mass is 9.94. The summed E-state index contributed by atoms with van der Waals surface area (Å²) in [5.74, 6) is -0.193. The molecule has 0 aliphatic carbocycles. The smallest absolute Gasteiger partial charge is 0.264 e. The van der Waals surface area contributed by atoms with E-state index in [1.807, 2.05) is 13.8 Å². The second-order valence-electron chi connectivity index (χ2n) is 8.34. The normalized spacial score (nSPS) is 13.1. The highest BCUT2D eigenvalue weighted by atomic mass is 32.1. The lowest BCUT2D eigenvalue weighted by molar-refractivity contribution is 0.0768. The molecule has 1 aliphatic heterocycles. The third-order valence-corrected chi connectivity index (χ3v) is 6.73. The molecule has 4 N–H and O–H groups in total. The van der Waals surface area contributed by atoms with Crippen molar-refractivity contribution in [3.63, 3.8) is 0 Å². The first-order valence-corrected chi connectivity index (χ1v) is 11.2. The summed E-state index contributed by atoms with van der Waals surface area (Å²) in [6.07, 6.45) is 1.54. The minimum Gasteiger partial charge on any atom is -0.395 e. The minimum absolute atomic E-state index is 0.0141. The summed E-state index contributed by atoms with van der Waals surface area (Å²) in [6, 6.07) is 8.72. The van der Waals surface area contributed by atoms with Gasteiger partial charge in [-0.2, -0.15) is 0 Å². The van der Waals surface area contributed by atoms with Crippen LogP contribution in [0.3, 0.4) is 0 Å². The van der Waals surface area contributed by atoms with Crippen molar-refractivity contribution in [3.8, 4) is 11.1 Å². The van der Waals surface area contributed by atoms with Crippen molar-refractivity contribution in [1.82, 2.24) is 9.88 Å². The number of thiophene rings is 1. The van der Waals surface area contributed by atoms with Gasteiger partial charge in [-0.25, -0.2) is 9.37 Å². The molecule has 0 fully saturated rings. The van der Waals surface area contributed by atoms with Crippen LogP contribution >= 0.6 is 11.3 Å². The van der Waals surface area contributed by atoms with E-state index in [4.69, 9.17) is 11.5 Å². The highest BCUT2D eigenvalue weighted by Crippen LogP contribution is 2.38. The molecule has 164 valence electrons. The Hall–Kier alpha value is -2.93. The van der Waals surface area contributed by atoms with E-state index < -0.39 is 0 Å². The van der Waals surface area contributed by atoms with Crippen molar-refractivity contribution >= 4 is 28.7 Å². The number of carbonyl (C=O) groups is 1. The number of hydrogen-bond donors (Lipinski definition) is 2. The molecular formula is C24H29FN4OS. The van der Waals surface area contributed by atoms with Crippen LogP contribution in [0.2, 0.25) is 0 Å². The summed E-state index contributed by atoms with van der Waals surface area (Å²) in [5.41, 5.74) is 14.8. The van der Waals surface area contributed by atoms with Gasteiger partial charge in [0.15, 0.2) is 0 Å². The Bertz CT molecular complexity index is 1120. The number of nitrogen functional groups attached to an aromatic ring is 2. The summed E-state index contributed by atoms with van der Waals surface area (Å²) >= 11 is 1.54. The van der Waals surface area contributed by atoms with Gasteiger partial charge in [0.2, 0.25) is 0 Å². The molecule has 7 heteroatoms. The number of amides is 1. The highest BCUT2D eigenvalue weighted by molar-refractivity contribution is 7.14. The second kappa shape index (κ2) is 8.67. The maximum atomic E-state index is 14.8. The molecule has 2 aromatic heterocycles. The minimum atomic E-state index is -0.379. The maximum absolute atomic E-state index is 14.8. The number of rotatable bonds is 3. The molecule has 3 aromatic rings. The van der Waals surface area contributed by atoms with Gasteiger partial charge in [0, 0.05) is 35.3 Å². The number of hydrogen-bond acceptors (Lipinski definition) is 5. The van der Waals surface area contributed by atoms with Gasteiger partial charge in [0.25, 0.3) is 5.91 Å². The second-order valence-corrected chi connectivity index (χ2v) is 9.39. The van der Waals surface area contributed by atoms with Crippen molar-refractivity contribution < 1.29 is 9.18 Å². The maximum Gasteiger partial charge on any atom is 0.264 e. The Labute approximate surface area is 186 Å². The van der Waals surface area contributed by atoms with Crippen LogP contribution in [0.1, 0.15) is 60.3 Å². The van der Waals surface area contributed by atoms with Crippen LogP contribution in [-0.2, 0) is 18.5 Å². The summed E-state index contributed by atoms with van der Waals surface area (Å²) in [4.78, 5) is 20.4. The summed E-state index contributed by atoms with van der Waals surface area (Å²) in [6.45, 7) is 11.1. The molecule has 1 aromatic carbocycles. The van der Waals surface area contributed by atoms with Gasteiger partial charge in [-0.15, -0.1) is 11.3 Å². The van der Waals surface area contributed by atoms with Gasteiger partial charge < -0.3 is 16.4 Å². The zero-order valence-electron chi connectivity index (χ0n) is 18.6. The molecule has 0 unspecified atom stereocenters. The molecule has 3 heterocycles. The number of carbonyl (C=O) groups excluding carboxylic acids is 1. The van der Waals surface area contributed by atoms with Crippen LogP contribution < -0.4 is 11.5 Å². The van der Waals surface area contributed by atoms with Crippen LogP contribution in [0.5, 0.6) is 0 Å². The molecular weight excluding hydrogens is 411 g/mol. The van der Waals surface area contributed by atoms with Crippen LogP contribution in [-0.4, -0.2) is 15.8 Å². The van der Waals surface area contributed by atoms with E-state index in [0.717, 1.165) is 10.4 Å². The van der Waals surface area contributed by atoms with Gasteiger partial charge in [-0.1, -0.05) is 46.8 Å². The molecule has 4 rings (SSSR count). The number of fused-ring (bicyclic) bond motifs is 1. The van der Waals surface area contributed by atoms with Crippen molar-refractivity contribution in [2.75, 3.05) is 11.5 Å². The van der Waals surface area contributed by atoms with Gasteiger partial charge in [-0.3, -0.25) is 4.79 Å². The molecule has 0 saturated heterocycles. The fourth-order valence-corrected chi connectivity index (χ4v) is 4.63. The zero-order valence-corrected chi connectivity index (χ0v) is 19.4. The Balaban J connectivity index is 0.00000132. The SMILES string of the molecule is CC.CC(C)(C)c1cc2c(s1)C(=O)N(Cc1ccc(-c3ccnc(N)c3N)cc1F)C2. The summed E-state index contributed by atoms with van der Waals surface area (Å²) in [7, 11) is 0. The molecule has 0 radical (unpaired) electrons. The van der Waals surface area contributed by atoms with Gasteiger partial charge in [-0.05, 0) is 34.7 Å². The van der Waals surface area contributed by atoms with E-state index in [2.05, 4.69) is 31.8 Å². The molecule has 1 aliphatic rings. The lowest BCUT2D eigenvalue weighted by Gasteiger charge is -2.19. The van der Waals surface area contributed by atoms with Crippen LogP contribution in [0.4, 0.5) is 15.9 Å². The average molecular weight is 441 g/mol. The third-order valence-electron chi connectivity index (χ3n) is 5.14. The zero-order chi connectivity index (χ0) is 22.9. The molecule has 0 spiro atoms. The first kappa shape index (κ1) is 22.7. The predicted octanol–water partition coefficient (Wildman–Crippen LogP) is 5.59. The molecule has 0 saturated carbocycles. The van der Waals surface area contributed by atoms with E-state index in [1.54, 1.807) is 40.6 Å². The van der Waals surface area contributed by atoms with Crippen molar-refractivity contribution in [2.24, 2.45) is 0 Å². The summed E-state index contributed by atoms with van der Waals surface area (Å²) < 4.78 is 14.8. The monoisotopic (exact) mass is 440 g/mol. The van der Waals surface area contributed by atoms with Gasteiger partial charge >= 0.3 is 0 Å². The van der Waals surface area contributed by atoms with Crippen LogP contribution in [0, 0.1) is 5.82 Å².